The molecule has 4 heterocycles. The lowest BCUT2D eigenvalue weighted by Crippen LogP contribution is -2.45. The maximum absolute atomic E-state index is 13.3. The molecule has 0 radical (unpaired) electrons. The van der Waals surface area contributed by atoms with Crippen molar-refractivity contribution in [3.8, 4) is 0 Å². The fraction of sp³-hybridized carbons (Fsp3) is 0.333. The lowest BCUT2D eigenvalue weighted by Gasteiger charge is -2.37. The van der Waals surface area contributed by atoms with Crippen molar-refractivity contribution in [2.75, 3.05) is 24.6 Å². The van der Waals surface area contributed by atoms with Crippen molar-refractivity contribution in [2.24, 2.45) is 4.99 Å². The van der Waals surface area contributed by atoms with Gasteiger partial charge in [-0.1, -0.05) is 17.7 Å². The fourth-order valence-electron chi connectivity index (χ4n) is 5.13. The summed E-state index contributed by atoms with van der Waals surface area (Å²) in [4.78, 5) is 44.3. The summed E-state index contributed by atoms with van der Waals surface area (Å²) in [6, 6.07) is 9.03. The van der Waals surface area contributed by atoms with Gasteiger partial charge in [-0.15, -0.1) is 0 Å². The zero-order valence-electron chi connectivity index (χ0n) is 22.7. The van der Waals surface area contributed by atoms with Gasteiger partial charge in [-0.3, -0.25) is 19.6 Å². The molecule has 5 rings (SSSR count). The number of rotatable bonds is 6. The number of nitrogens with two attached hydrogens (primary N) is 2. The number of amidine groups is 1. The van der Waals surface area contributed by atoms with Crippen molar-refractivity contribution in [1.29, 1.82) is 0 Å². The smallest absolute Gasteiger partial charge is 0.279 e. The number of anilines is 2. The molecule has 1 spiro atoms. The number of carbonyl (C=O) groups excluding carboxylic acids is 2. The molecule has 1 unspecified atom stereocenters. The minimum Gasteiger partial charge on any atom is -0.382 e. The van der Waals surface area contributed by atoms with Gasteiger partial charge in [0.2, 0.25) is 10.0 Å². The zero-order chi connectivity index (χ0) is 30.1. The molecular weight excluding hydrogens is 582 g/mol. The standard InChI is InChI=1S/C27H30ClN9O4S/c1-16(17-6-11-31-12-7-17)36-42(40,41)19-4-2-3-18(15-19)26(39)37-13-9-27(10-14-37)8-5-20(35-27)32-25(38)21-23(29)34-24(30)22(28)33-21/h2-4,6-7,11-12,15-16,36H,5,8-10,13-14H2,1H3,(H4,29,30,34)(H,32,35,38). The molecule has 2 aliphatic heterocycles. The van der Waals surface area contributed by atoms with Crippen molar-refractivity contribution >= 4 is 50.9 Å². The Balaban J connectivity index is 1.21. The summed E-state index contributed by atoms with van der Waals surface area (Å²) < 4.78 is 28.8. The van der Waals surface area contributed by atoms with Crippen LogP contribution in [0.1, 0.15) is 65.1 Å². The number of sulfonamides is 1. The van der Waals surface area contributed by atoms with E-state index in [0.29, 0.717) is 44.6 Å². The third-order valence-electron chi connectivity index (χ3n) is 7.49. The summed E-state index contributed by atoms with van der Waals surface area (Å²) in [5, 5.41) is 2.63. The van der Waals surface area contributed by atoms with Crippen LogP contribution in [-0.4, -0.2) is 64.5 Å². The Morgan fingerprint density at radius 1 is 1.05 bits per heavy atom. The predicted molar refractivity (Wildman–Crippen MR) is 157 cm³/mol. The van der Waals surface area contributed by atoms with Crippen LogP contribution in [0.5, 0.6) is 0 Å². The molecule has 2 aromatic heterocycles. The monoisotopic (exact) mass is 611 g/mol. The molecule has 2 aliphatic rings. The number of nitrogen functional groups attached to an aromatic ring is 2. The molecule has 15 heteroatoms. The van der Waals surface area contributed by atoms with E-state index in [0.717, 1.165) is 5.56 Å². The van der Waals surface area contributed by atoms with Gasteiger partial charge in [0.05, 0.1) is 10.4 Å². The van der Waals surface area contributed by atoms with E-state index in [4.69, 9.17) is 28.1 Å². The van der Waals surface area contributed by atoms with E-state index in [1.54, 1.807) is 48.5 Å². The molecule has 1 atom stereocenters. The van der Waals surface area contributed by atoms with Gasteiger partial charge >= 0.3 is 0 Å². The molecular formula is C27H30ClN9O4S. The van der Waals surface area contributed by atoms with Crippen LogP contribution in [0.25, 0.3) is 0 Å². The van der Waals surface area contributed by atoms with Gasteiger partial charge in [-0.25, -0.2) is 23.1 Å². The summed E-state index contributed by atoms with van der Waals surface area (Å²) in [7, 11) is -3.88. The Morgan fingerprint density at radius 2 is 1.76 bits per heavy atom. The number of aliphatic imine (C=N–C) groups is 1. The van der Waals surface area contributed by atoms with E-state index in [-0.39, 0.29) is 38.8 Å². The number of pyridine rings is 1. The SMILES string of the molecule is CC(NS(=O)(=O)c1cccc(C(=O)N2CCC3(CCC(NC(=O)c4nc(Cl)c(N)nc4N)=N3)CC2)c1)c1ccncc1. The van der Waals surface area contributed by atoms with Crippen LogP contribution in [0.15, 0.2) is 58.7 Å². The highest BCUT2D eigenvalue weighted by molar-refractivity contribution is 7.89. The maximum atomic E-state index is 13.3. The van der Waals surface area contributed by atoms with Crippen LogP contribution in [0.3, 0.4) is 0 Å². The second-order valence-electron chi connectivity index (χ2n) is 10.3. The molecule has 220 valence electrons. The van der Waals surface area contributed by atoms with E-state index in [2.05, 4.69) is 25.0 Å². The number of aromatic nitrogens is 3. The Kier molecular flexibility index (Phi) is 8.12. The van der Waals surface area contributed by atoms with Gasteiger partial charge in [0, 0.05) is 43.5 Å². The molecule has 1 saturated heterocycles. The van der Waals surface area contributed by atoms with E-state index in [1.165, 1.54) is 12.1 Å². The summed E-state index contributed by atoms with van der Waals surface area (Å²) >= 11 is 5.89. The molecule has 3 aromatic rings. The largest absolute Gasteiger partial charge is 0.382 e. The number of likely N-dealkylation sites (tertiary alicyclic amines) is 1. The number of nitrogens with one attached hydrogen (secondary N) is 2. The van der Waals surface area contributed by atoms with Crippen molar-refractivity contribution in [1.82, 2.24) is 29.9 Å². The molecule has 6 N–H and O–H groups in total. The molecule has 1 aromatic carbocycles. The third kappa shape index (κ3) is 6.20. The number of carbonyl (C=O) groups is 2. The van der Waals surface area contributed by atoms with Crippen LogP contribution < -0.4 is 21.5 Å². The summed E-state index contributed by atoms with van der Waals surface area (Å²) in [5.74, 6) is -0.533. The predicted octanol–water partition coefficient (Wildman–Crippen LogP) is 2.33. The average molecular weight is 612 g/mol. The fourth-order valence-corrected chi connectivity index (χ4v) is 6.53. The van der Waals surface area contributed by atoms with Gasteiger partial charge in [0.15, 0.2) is 22.5 Å². The Morgan fingerprint density at radius 3 is 2.48 bits per heavy atom. The van der Waals surface area contributed by atoms with Gasteiger partial charge < -0.3 is 21.7 Å². The van der Waals surface area contributed by atoms with Crippen LogP contribution in [0, 0.1) is 0 Å². The number of halogens is 1. The Labute approximate surface area is 247 Å². The van der Waals surface area contributed by atoms with Crippen molar-refractivity contribution in [3.05, 3.63) is 70.8 Å². The van der Waals surface area contributed by atoms with Crippen molar-refractivity contribution in [3.63, 3.8) is 0 Å². The highest BCUT2D eigenvalue weighted by atomic mass is 35.5. The average Bonchev–Trinajstić information content (AvgIpc) is 3.36. The minimum absolute atomic E-state index is 0.0104. The first-order valence-electron chi connectivity index (χ1n) is 13.3. The third-order valence-corrected chi connectivity index (χ3v) is 9.30. The highest BCUT2D eigenvalue weighted by Crippen LogP contribution is 2.36. The first-order valence-corrected chi connectivity index (χ1v) is 15.1. The maximum Gasteiger partial charge on any atom is 0.279 e. The Hall–Kier alpha value is -4.14. The summed E-state index contributed by atoms with van der Waals surface area (Å²) in [6.07, 6.45) is 5.63. The zero-order valence-corrected chi connectivity index (χ0v) is 24.3. The van der Waals surface area contributed by atoms with E-state index in [1.807, 2.05) is 0 Å². The second kappa shape index (κ2) is 11.6. The van der Waals surface area contributed by atoms with Crippen molar-refractivity contribution < 1.29 is 18.0 Å². The van der Waals surface area contributed by atoms with Gasteiger partial charge in [-0.2, -0.15) is 0 Å². The molecule has 0 saturated carbocycles. The first kappa shape index (κ1) is 29.4. The van der Waals surface area contributed by atoms with Crippen LogP contribution >= 0.6 is 11.6 Å². The molecule has 1 fully saturated rings. The normalized spacial score (nSPS) is 17.1. The molecule has 2 amide bonds. The minimum atomic E-state index is -3.88. The number of piperidine rings is 1. The topological polar surface area (TPSA) is 199 Å². The summed E-state index contributed by atoms with van der Waals surface area (Å²) in [6.45, 7) is 2.61. The number of nitrogens with zero attached hydrogens (tertiary/aromatic N) is 5. The molecule has 42 heavy (non-hydrogen) atoms. The van der Waals surface area contributed by atoms with E-state index < -0.39 is 27.5 Å². The first-order chi connectivity index (χ1) is 20.0. The van der Waals surface area contributed by atoms with Crippen molar-refractivity contribution in [2.45, 2.75) is 49.1 Å². The number of amides is 2. The molecule has 13 nitrogen and oxygen atoms in total. The van der Waals surface area contributed by atoms with Gasteiger partial charge in [0.1, 0.15) is 5.84 Å². The van der Waals surface area contributed by atoms with E-state index >= 15 is 0 Å². The lowest BCUT2D eigenvalue weighted by atomic mass is 9.86. The quantitative estimate of drug-likeness (QED) is 0.323. The van der Waals surface area contributed by atoms with E-state index in [9.17, 15) is 18.0 Å². The Bertz CT molecular complexity index is 1660. The van der Waals surface area contributed by atoms with Gasteiger partial charge in [0.25, 0.3) is 11.8 Å². The second-order valence-corrected chi connectivity index (χ2v) is 12.4. The number of hydrogen-bond donors (Lipinski definition) is 4. The lowest BCUT2D eigenvalue weighted by molar-refractivity contribution is 0.0672. The highest BCUT2D eigenvalue weighted by Gasteiger charge is 2.40. The molecule has 0 aliphatic carbocycles. The van der Waals surface area contributed by atoms with Crippen LogP contribution in [0.4, 0.5) is 11.6 Å². The summed E-state index contributed by atoms with van der Waals surface area (Å²) in [5.41, 5.74) is 11.9. The molecule has 0 bridgehead atoms. The van der Waals surface area contributed by atoms with Crippen LogP contribution in [0.2, 0.25) is 5.15 Å². The van der Waals surface area contributed by atoms with Gasteiger partial charge in [-0.05, 0) is 62.1 Å². The number of benzene rings is 1. The number of hydrogen-bond acceptors (Lipinski definition) is 10. The van der Waals surface area contributed by atoms with Crippen LogP contribution in [-0.2, 0) is 10.0 Å².